The molecule has 1 aliphatic rings. The van der Waals surface area contributed by atoms with Crippen molar-refractivity contribution in [1.29, 1.82) is 0 Å². The van der Waals surface area contributed by atoms with Gasteiger partial charge in [0.1, 0.15) is 17.3 Å². The first kappa shape index (κ1) is 11.1. The molecular formula is C13H9F2NO2. The second kappa shape index (κ2) is 4.01. The lowest BCUT2D eigenvalue weighted by atomic mass is 10.0. The van der Waals surface area contributed by atoms with Gasteiger partial charge in [-0.05, 0) is 25.0 Å². The van der Waals surface area contributed by atoms with E-state index in [4.69, 9.17) is 4.52 Å². The number of aromatic nitrogens is 1. The van der Waals surface area contributed by atoms with Gasteiger partial charge in [-0.25, -0.2) is 8.78 Å². The first-order valence-corrected chi connectivity index (χ1v) is 5.61. The Hall–Kier alpha value is -2.04. The number of aldehydes is 1. The van der Waals surface area contributed by atoms with Crippen LogP contribution in [0.4, 0.5) is 8.78 Å². The van der Waals surface area contributed by atoms with Gasteiger partial charge in [-0.15, -0.1) is 0 Å². The van der Waals surface area contributed by atoms with Gasteiger partial charge in [0, 0.05) is 5.92 Å². The van der Waals surface area contributed by atoms with Crippen LogP contribution in [0.5, 0.6) is 0 Å². The summed E-state index contributed by atoms with van der Waals surface area (Å²) < 4.78 is 32.3. The molecule has 5 heteroatoms. The lowest BCUT2D eigenvalue weighted by Crippen LogP contribution is -1.94. The first-order valence-electron chi connectivity index (χ1n) is 5.61. The number of hydrogen-bond acceptors (Lipinski definition) is 3. The first-order chi connectivity index (χ1) is 8.72. The molecule has 0 radical (unpaired) electrons. The van der Waals surface area contributed by atoms with Gasteiger partial charge >= 0.3 is 0 Å². The molecule has 1 aliphatic carbocycles. The number of carbonyl (C=O) groups is 1. The Bertz CT molecular complexity index is 597. The summed E-state index contributed by atoms with van der Waals surface area (Å²) in [4.78, 5) is 11.1. The van der Waals surface area contributed by atoms with Crippen LogP contribution >= 0.6 is 0 Å². The zero-order valence-electron chi connectivity index (χ0n) is 9.32. The zero-order chi connectivity index (χ0) is 12.7. The summed E-state index contributed by atoms with van der Waals surface area (Å²) in [6.45, 7) is 0. The monoisotopic (exact) mass is 249 g/mol. The quantitative estimate of drug-likeness (QED) is 0.784. The predicted molar refractivity (Wildman–Crippen MR) is 59.2 cm³/mol. The highest BCUT2D eigenvalue weighted by Crippen LogP contribution is 2.43. The second-order valence-electron chi connectivity index (χ2n) is 4.30. The lowest BCUT2D eigenvalue weighted by molar-refractivity contribution is 0.112. The van der Waals surface area contributed by atoms with Gasteiger partial charge in [0.05, 0.1) is 11.1 Å². The summed E-state index contributed by atoms with van der Waals surface area (Å²) in [6, 6.07) is 3.51. The molecule has 0 atom stereocenters. The van der Waals surface area contributed by atoms with Crippen LogP contribution in [0.25, 0.3) is 11.3 Å². The molecule has 0 unspecified atom stereocenters. The maximum Gasteiger partial charge on any atom is 0.155 e. The summed E-state index contributed by atoms with van der Waals surface area (Å²) in [6.07, 6.45) is 2.37. The number of nitrogens with zero attached hydrogens (tertiary/aromatic N) is 1. The van der Waals surface area contributed by atoms with Crippen molar-refractivity contribution in [1.82, 2.24) is 5.16 Å². The SMILES string of the molecule is O=Cc1c(-c2c(F)cccc2F)noc1C1CC1. The molecule has 0 saturated heterocycles. The third-order valence-electron chi connectivity index (χ3n) is 3.02. The van der Waals surface area contributed by atoms with Crippen molar-refractivity contribution in [2.75, 3.05) is 0 Å². The Balaban J connectivity index is 2.19. The molecule has 1 fully saturated rings. The molecule has 92 valence electrons. The van der Waals surface area contributed by atoms with E-state index in [2.05, 4.69) is 5.16 Å². The molecule has 3 nitrogen and oxygen atoms in total. The normalized spacial score (nSPS) is 14.8. The molecule has 0 N–H and O–H groups in total. The molecular weight excluding hydrogens is 240 g/mol. The minimum absolute atomic E-state index is 0.0532. The standard InChI is InChI=1S/C13H9F2NO2/c14-9-2-1-3-10(15)11(9)12-8(6-17)13(18-16-12)7-4-5-7/h1-3,6-7H,4-5H2. The van der Waals surface area contributed by atoms with Gasteiger partial charge in [0.25, 0.3) is 0 Å². The van der Waals surface area contributed by atoms with E-state index >= 15 is 0 Å². The van der Waals surface area contributed by atoms with Crippen LogP contribution in [-0.2, 0) is 0 Å². The van der Waals surface area contributed by atoms with E-state index in [-0.39, 0.29) is 22.7 Å². The van der Waals surface area contributed by atoms with Crippen molar-refractivity contribution >= 4 is 6.29 Å². The summed E-state index contributed by atoms with van der Waals surface area (Å²) in [5, 5.41) is 3.65. The zero-order valence-corrected chi connectivity index (χ0v) is 9.32. The van der Waals surface area contributed by atoms with Crippen molar-refractivity contribution < 1.29 is 18.1 Å². The summed E-state index contributed by atoms with van der Waals surface area (Å²) in [5.41, 5.74) is -0.209. The van der Waals surface area contributed by atoms with Gasteiger partial charge in [-0.1, -0.05) is 11.2 Å². The Morgan fingerprint density at radius 3 is 2.50 bits per heavy atom. The minimum atomic E-state index is -0.756. The highest BCUT2D eigenvalue weighted by molar-refractivity contribution is 5.87. The van der Waals surface area contributed by atoms with E-state index in [1.165, 1.54) is 6.07 Å². The molecule has 0 spiro atoms. The average Bonchev–Trinajstić information content (AvgIpc) is 3.10. The second-order valence-corrected chi connectivity index (χ2v) is 4.30. The van der Waals surface area contributed by atoms with E-state index in [1.807, 2.05) is 0 Å². The molecule has 3 rings (SSSR count). The van der Waals surface area contributed by atoms with Crippen LogP contribution < -0.4 is 0 Å². The number of hydrogen-bond donors (Lipinski definition) is 0. The van der Waals surface area contributed by atoms with Crippen LogP contribution in [0.1, 0.15) is 34.9 Å². The van der Waals surface area contributed by atoms with Crippen molar-refractivity contribution in [3.63, 3.8) is 0 Å². The number of rotatable bonds is 3. The highest BCUT2D eigenvalue weighted by Gasteiger charge is 2.33. The van der Waals surface area contributed by atoms with Crippen molar-refractivity contribution in [2.24, 2.45) is 0 Å². The van der Waals surface area contributed by atoms with Crippen LogP contribution in [0.15, 0.2) is 22.7 Å². The topological polar surface area (TPSA) is 43.1 Å². The predicted octanol–water partition coefficient (Wildman–Crippen LogP) is 3.31. The molecule has 1 aromatic carbocycles. The highest BCUT2D eigenvalue weighted by atomic mass is 19.1. The fraction of sp³-hybridized carbons (Fsp3) is 0.231. The largest absolute Gasteiger partial charge is 0.360 e. The van der Waals surface area contributed by atoms with E-state index in [9.17, 15) is 13.6 Å². The molecule has 18 heavy (non-hydrogen) atoms. The van der Waals surface area contributed by atoms with Crippen LogP contribution in [0.2, 0.25) is 0 Å². The molecule has 1 heterocycles. The van der Waals surface area contributed by atoms with E-state index in [0.717, 1.165) is 25.0 Å². The lowest BCUT2D eigenvalue weighted by Gasteiger charge is -2.01. The average molecular weight is 249 g/mol. The smallest absolute Gasteiger partial charge is 0.155 e. The van der Waals surface area contributed by atoms with Crippen LogP contribution in [0.3, 0.4) is 0 Å². The van der Waals surface area contributed by atoms with E-state index in [1.54, 1.807) is 0 Å². The maximum atomic E-state index is 13.6. The van der Waals surface area contributed by atoms with E-state index in [0.29, 0.717) is 12.0 Å². The van der Waals surface area contributed by atoms with Crippen molar-refractivity contribution in [3.05, 3.63) is 41.2 Å². The van der Waals surface area contributed by atoms with Crippen molar-refractivity contribution in [2.45, 2.75) is 18.8 Å². The van der Waals surface area contributed by atoms with Gasteiger partial charge in [0.2, 0.25) is 0 Å². The number of halogens is 2. The Morgan fingerprint density at radius 2 is 1.94 bits per heavy atom. The van der Waals surface area contributed by atoms with Gasteiger partial charge in [0.15, 0.2) is 12.0 Å². The number of carbonyl (C=O) groups excluding carboxylic acids is 1. The molecule has 1 saturated carbocycles. The molecule has 0 aliphatic heterocycles. The minimum Gasteiger partial charge on any atom is -0.360 e. The maximum absolute atomic E-state index is 13.6. The van der Waals surface area contributed by atoms with E-state index < -0.39 is 11.6 Å². The molecule has 1 aromatic heterocycles. The summed E-state index contributed by atoms with van der Waals surface area (Å²) in [7, 11) is 0. The molecule has 0 amide bonds. The van der Waals surface area contributed by atoms with Crippen LogP contribution in [0, 0.1) is 11.6 Å². The number of benzene rings is 1. The fourth-order valence-electron chi connectivity index (χ4n) is 1.97. The Kier molecular flexibility index (Phi) is 2.47. The van der Waals surface area contributed by atoms with Crippen LogP contribution in [-0.4, -0.2) is 11.4 Å². The molecule has 0 bridgehead atoms. The third-order valence-corrected chi connectivity index (χ3v) is 3.02. The van der Waals surface area contributed by atoms with Crippen molar-refractivity contribution in [3.8, 4) is 11.3 Å². The fourth-order valence-corrected chi connectivity index (χ4v) is 1.97. The van der Waals surface area contributed by atoms with Gasteiger partial charge < -0.3 is 4.52 Å². The molecule has 2 aromatic rings. The Morgan fingerprint density at radius 1 is 1.28 bits per heavy atom. The Labute approximate surface area is 101 Å². The van der Waals surface area contributed by atoms with Gasteiger partial charge in [-0.2, -0.15) is 0 Å². The summed E-state index contributed by atoms with van der Waals surface area (Å²) in [5.74, 6) is -0.925. The summed E-state index contributed by atoms with van der Waals surface area (Å²) >= 11 is 0. The third kappa shape index (κ3) is 1.63. The van der Waals surface area contributed by atoms with Gasteiger partial charge in [-0.3, -0.25) is 4.79 Å².